The topological polar surface area (TPSA) is 119 Å². The Morgan fingerprint density at radius 3 is 2.25 bits per heavy atom. The molecule has 0 aliphatic carbocycles. The molecule has 1 aliphatic heterocycles. The van der Waals surface area contributed by atoms with Crippen molar-refractivity contribution in [1.82, 2.24) is 4.90 Å². The van der Waals surface area contributed by atoms with Gasteiger partial charge >= 0.3 is 29.6 Å². The predicted molar refractivity (Wildman–Crippen MR) is 60.4 cm³/mol. The first-order valence-electron chi connectivity index (χ1n) is 4.41. The van der Waals surface area contributed by atoms with Gasteiger partial charge in [-0.1, -0.05) is 0 Å². The van der Waals surface area contributed by atoms with Gasteiger partial charge in [0.2, 0.25) is 0 Å². The van der Waals surface area contributed by atoms with Gasteiger partial charge < -0.3 is 15.3 Å². The van der Waals surface area contributed by atoms with Crippen LogP contribution in [0.15, 0.2) is 0 Å². The van der Waals surface area contributed by atoms with Crippen LogP contribution in [-0.2, 0) is 14.9 Å². The fourth-order valence-corrected chi connectivity index (χ4v) is 1.97. The number of nitrogens with zero attached hydrogens (tertiary/aromatic N) is 1. The Balaban J connectivity index is 0. The average Bonchev–Trinajstić information content (AvgIpc) is 2.02. The molecule has 1 unspecified atom stereocenters. The molecule has 0 amide bonds. The molecule has 0 bridgehead atoms. The van der Waals surface area contributed by atoms with E-state index in [0.717, 1.165) is 0 Å². The molecule has 0 radical (unpaired) electrons. The molecular formula is C7H18NNaO6S. The summed E-state index contributed by atoms with van der Waals surface area (Å²) in [5, 5.41) is 9.32. The SMILES string of the molecule is O.O=S(=O)(O)CC(O)CN1CCOCC1.[NaH]. The Morgan fingerprint density at radius 2 is 1.81 bits per heavy atom. The van der Waals surface area contributed by atoms with Crippen molar-refractivity contribution in [2.45, 2.75) is 6.10 Å². The van der Waals surface area contributed by atoms with Crippen LogP contribution in [0.2, 0.25) is 0 Å². The molecule has 94 valence electrons. The van der Waals surface area contributed by atoms with Crippen LogP contribution in [0.4, 0.5) is 0 Å². The zero-order valence-electron chi connectivity index (χ0n) is 8.29. The van der Waals surface area contributed by atoms with Gasteiger partial charge in [-0.15, -0.1) is 0 Å². The molecule has 7 nitrogen and oxygen atoms in total. The fourth-order valence-electron chi connectivity index (χ4n) is 1.38. The van der Waals surface area contributed by atoms with Crippen LogP contribution in [0.25, 0.3) is 0 Å². The maximum absolute atomic E-state index is 10.4. The zero-order valence-corrected chi connectivity index (χ0v) is 9.11. The molecule has 16 heavy (non-hydrogen) atoms. The Kier molecular flexibility index (Phi) is 10.5. The van der Waals surface area contributed by atoms with Gasteiger partial charge in [0.05, 0.1) is 19.3 Å². The van der Waals surface area contributed by atoms with Gasteiger partial charge in [-0.3, -0.25) is 9.45 Å². The molecule has 0 aromatic rings. The number of morpholine rings is 1. The first kappa shape index (κ1) is 19.1. The molecule has 0 aromatic carbocycles. The van der Waals surface area contributed by atoms with Crippen LogP contribution < -0.4 is 0 Å². The minimum absolute atomic E-state index is 0. The molecule has 1 heterocycles. The van der Waals surface area contributed by atoms with E-state index >= 15 is 0 Å². The molecule has 0 aromatic heterocycles. The Bertz CT molecular complexity index is 266. The minimum atomic E-state index is -4.08. The van der Waals surface area contributed by atoms with E-state index in [9.17, 15) is 13.5 Å². The molecule has 1 rings (SSSR count). The summed E-state index contributed by atoms with van der Waals surface area (Å²) in [5.41, 5.74) is 0. The number of hydrogen-bond acceptors (Lipinski definition) is 5. The standard InChI is InChI=1S/C7H15NO5S.Na.H2O.H/c9-7(6-14(10,11)12)5-8-1-3-13-4-2-8;;;/h7,9H,1-6H2,(H,10,11,12);;1H2;. The first-order valence-corrected chi connectivity index (χ1v) is 6.01. The molecule has 1 saturated heterocycles. The van der Waals surface area contributed by atoms with Crippen molar-refractivity contribution in [3.8, 4) is 0 Å². The fraction of sp³-hybridized carbons (Fsp3) is 1.00. The average molecular weight is 267 g/mol. The summed E-state index contributed by atoms with van der Waals surface area (Å²) in [4.78, 5) is 1.90. The Morgan fingerprint density at radius 1 is 1.31 bits per heavy atom. The molecule has 9 heteroatoms. The van der Waals surface area contributed by atoms with Gasteiger partial charge in [0.1, 0.15) is 5.75 Å². The maximum atomic E-state index is 10.4. The van der Waals surface area contributed by atoms with Crippen LogP contribution in [0.3, 0.4) is 0 Å². The second-order valence-corrected chi connectivity index (χ2v) is 4.81. The van der Waals surface area contributed by atoms with Gasteiger partial charge in [0.25, 0.3) is 10.1 Å². The third-order valence-electron chi connectivity index (χ3n) is 1.98. The van der Waals surface area contributed by atoms with E-state index in [2.05, 4.69) is 0 Å². The molecule has 1 atom stereocenters. The van der Waals surface area contributed by atoms with Crippen molar-refractivity contribution >= 4 is 39.7 Å². The summed E-state index contributed by atoms with van der Waals surface area (Å²) < 4.78 is 34.4. The number of aliphatic hydroxyl groups excluding tert-OH is 1. The van der Waals surface area contributed by atoms with Gasteiger partial charge in [0.15, 0.2) is 0 Å². The summed E-state index contributed by atoms with van der Waals surface area (Å²) in [7, 11) is -4.08. The second kappa shape index (κ2) is 8.78. The van der Waals surface area contributed by atoms with Crippen LogP contribution in [0.1, 0.15) is 0 Å². The number of rotatable bonds is 4. The number of aliphatic hydroxyl groups is 1. The van der Waals surface area contributed by atoms with Crippen molar-refractivity contribution in [2.24, 2.45) is 0 Å². The van der Waals surface area contributed by atoms with Crippen molar-refractivity contribution < 1.29 is 28.3 Å². The summed E-state index contributed by atoms with van der Waals surface area (Å²) in [6.45, 7) is 2.81. The van der Waals surface area contributed by atoms with Crippen LogP contribution in [0, 0.1) is 0 Å². The normalized spacial score (nSPS) is 19.4. The first-order chi connectivity index (χ1) is 6.47. The summed E-state index contributed by atoms with van der Waals surface area (Å²) in [6, 6.07) is 0. The number of ether oxygens (including phenoxy) is 1. The molecule has 4 N–H and O–H groups in total. The van der Waals surface area contributed by atoms with E-state index in [0.29, 0.717) is 26.3 Å². The molecule has 1 aliphatic rings. The van der Waals surface area contributed by atoms with E-state index in [-0.39, 0.29) is 41.6 Å². The predicted octanol–water partition coefficient (Wildman–Crippen LogP) is -2.91. The second-order valence-electron chi connectivity index (χ2n) is 3.32. The van der Waals surface area contributed by atoms with Crippen molar-refractivity contribution in [2.75, 3.05) is 38.6 Å². The molecular weight excluding hydrogens is 249 g/mol. The number of hydrogen-bond donors (Lipinski definition) is 2. The van der Waals surface area contributed by atoms with Crippen LogP contribution in [-0.4, -0.2) is 103 Å². The van der Waals surface area contributed by atoms with E-state index in [1.54, 1.807) is 0 Å². The summed E-state index contributed by atoms with van der Waals surface area (Å²) in [6.07, 6.45) is -1.04. The van der Waals surface area contributed by atoms with E-state index in [4.69, 9.17) is 9.29 Å². The van der Waals surface area contributed by atoms with Crippen LogP contribution in [0.5, 0.6) is 0 Å². The quantitative estimate of drug-likeness (QED) is 0.416. The van der Waals surface area contributed by atoms with Crippen molar-refractivity contribution in [1.29, 1.82) is 0 Å². The molecule has 0 saturated carbocycles. The van der Waals surface area contributed by atoms with Gasteiger partial charge in [0, 0.05) is 19.6 Å². The van der Waals surface area contributed by atoms with Gasteiger partial charge in [-0.05, 0) is 0 Å². The molecule has 0 spiro atoms. The van der Waals surface area contributed by atoms with Gasteiger partial charge in [-0.2, -0.15) is 8.42 Å². The van der Waals surface area contributed by atoms with E-state index < -0.39 is 22.0 Å². The third kappa shape index (κ3) is 8.85. The van der Waals surface area contributed by atoms with E-state index in [1.165, 1.54) is 0 Å². The number of β-amino-alcohol motifs (C(OH)–C–C–N with tert-alkyl or cyclic N) is 1. The monoisotopic (exact) mass is 267 g/mol. The van der Waals surface area contributed by atoms with E-state index in [1.807, 2.05) is 4.90 Å². The van der Waals surface area contributed by atoms with Crippen molar-refractivity contribution in [3.05, 3.63) is 0 Å². The van der Waals surface area contributed by atoms with Crippen LogP contribution >= 0.6 is 0 Å². The summed E-state index contributed by atoms with van der Waals surface area (Å²) >= 11 is 0. The Hall–Kier alpha value is 0.750. The zero-order chi connectivity index (χ0) is 10.6. The Labute approximate surface area is 117 Å². The summed E-state index contributed by atoms with van der Waals surface area (Å²) in [5.74, 6) is -0.607. The van der Waals surface area contributed by atoms with Gasteiger partial charge in [-0.25, -0.2) is 0 Å². The third-order valence-corrected chi connectivity index (χ3v) is 2.78. The molecule has 1 fully saturated rings. The van der Waals surface area contributed by atoms with Crippen molar-refractivity contribution in [3.63, 3.8) is 0 Å².